The molecule has 0 radical (unpaired) electrons. The molecule has 13 heavy (non-hydrogen) atoms. The van der Waals surface area contributed by atoms with Gasteiger partial charge >= 0.3 is 5.97 Å². The van der Waals surface area contributed by atoms with E-state index in [1.807, 2.05) is 13.1 Å². The Bertz CT molecular complexity index is 371. The highest BCUT2D eigenvalue weighted by Crippen LogP contribution is 2.25. The summed E-state index contributed by atoms with van der Waals surface area (Å²) in [7, 11) is 0. The van der Waals surface area contributed by atoms with Crippen LogP contribution in [0.2, 0.25) is 0 Å². The maximum Gasteiger partial charge on any atom is 0.340 e. The molecule has 0 unspecified atom stereocenters. The Morgan fingerprint density at radius 2 is 2.38 bits per heavy atom. The molecule has 0 aliphatic carbocycles. The summed E-state index contributed by atoms with van der Waals surface area (Å²) in [6.07, 6.45) is 2.72. The highest BCUT2D eigenvalue weighted by molar-refractivity contribution is 5.94. The third-order valence-electron chi connectivity index (χ3n) is 2.40. The number of hydrogen-bond acceptors (Lipinski definition) is 3. The van der Waals surface area contributed by atoms with Gasteiger partial charge < -0.3 is 4.74 Å². The van der Waals surface area contributed by atoms with Crippen molar-refractivity contribution in [3.05, 3.63) is 28.6 Å². The molecule has 0 atom stereocenters. The van der Waals surface area contributed by atoms with E-state index >= 15 is 0 Å². The fourth-order valence-corrected chi connectivity index (χ4v) is 1.65. The Labute approximate surface area is 76.7 Å². The van der Waals surface area contributed by atoms with Gasteiger partial charge in [-0.05, 0) is 18.9 Å². The van der Waals surface area contributed by atoms with Crippen molar-refractivity contribution in [1.29, 1.82) is 0 Å². The first-order chi connectivity index (χ1) is 6.24. The van der Waals surface area contributed by atoms with Crippen molar-refractivity contribution in [3.63, 3.8) is 0 Å². The number of fused-ring (bicyclic) bond motifs is 1. The lowest BCUT2D eigenvalue weighted by Gasteiger charge is -2.03. The summed E-state index contributed by atoms with van der Waals surface area (Å²) in [4.78, 5) is 15.5. The van der Waals surface area contributed by atoms with Gasteiger partial charge in [0.05, 0.1) is 11.3 Å². The van der Waals surface area contributed by atoms with E-state index < -0.39 is 0 Å². The van der Waals surface area contributed by atoms with Crippen LogP contribution in [0.3, 0.4) is 0 Å². The SMILES string of the molecule is CCc1cnc(C)c2c1COC2=O. The fourth-order valence-electron chi connectivity index (χ4n) is 1.65. The zero-order valence-corrected chi connectivity index (χ0v) is 7.76. The molecule has 0 fully saturated rings. The summed E-state index contributed by atoms with van der Waals surface area (Å²) in [6, 6.07) is 0. The van der Waals surface area contributed by atoms with E-state index in [0.717, 1.165) is 23.2 Å². The molecule has 0 spiro atoms. The molecule has 1 aliphatic rings. The number of aromatic nitrogens is 1. The zero-order chi connectivity index (χ0) is 9.42. The third kappa shape index (κ3) is 1.11. The summed E-state index contributed by atoms with van der Waals surface area (Å²) in [6.45, 7) is 4.31. The van der Waals surface area contributed by atoms with E-state index in [0.29, 0.717) is 12.2 Å². The molecule has 1 aromatic rings. The lowest BCUT2D eigenvalue weighted by molar-refractivity contribution is 0.0534. The Hall–Kier alpha value is -1.38. The van der Waals surface area contributed by atoms with E-state index in [-0.39, 0.29) is 5.97 Å². The van der Waals surface area contributed by atoms with Crippen LogP contribution in [0.1, 0.15) is 34.1 Å². The number of nitrogens with zero attached hydrogens (tertiary/aromatic N) is 1. The second kappa shape index (κ2) is 2.83. The van der Waals surface area contributed by atoms with Gasteiger partial charge in [0.15, 0.2) is 0 Å². The van der Waals surface area contributed by atoms with Crippen molar-refractivity contribution in [2.24, 2.45) is 0 Å². The third-order valence-corrected chi connectivity index (χ3v) is 2.40. The molecule has 0 aromatic carbocycles. The molecule has 0 bridgehead atoms. The van der Waals surface area contributed by atoms with Crippen molar-refractivity contribution in [1.82, 2.24) is 4.98 Å². The average Bonchev–Trinajstić information content (AvgIpc) is 2.50. The number of ether oxygens (including phenoxy) is 1. The molecular formula is C10H11NO2. The van der Waals surface area contributed by atoms with Crippen molar-refractivity contribution < 1.29 is 9.53 Å². The predicted molar refractivity (Wildman–Crippen MR) is 47.5 cm³/mol. The average molecular weight is 177 g/mol. The van der Waals surface area contributed by atoms with E-state index in [1.165, 1.54) is 0 Å². The lowest BCUT2D eigenvalue weighted by Crippen LogP contribution is -2.01. The molecule has 0 N–H and O–H groups in total. The molecule has 3 nitrogen and oxygen atoms in total. The number of esters is 1. The van der Waals surface area contributed by atoms with Crippen LogP contribution in [0.5, 0.6) is 0 Å². The van der Waals surface area contributed by atoms with E-state index in [4.69, 9.17) is 4.74 Å². The zero-order valence-electron chi connectivity index (χ0n) is 7.76. The van der Waals surface area contributed by atoms with Gasteiger partial charge in [-0.15, -0.1) is 0 Å². The smallest absolute Gasteiger partial charge is 0.340 e. The summed E-state index contributed by atoms with van der Waals surface area (Å²) < 4.78 is 4.97. The number of pyridine rings is 1. The van der Waals surface area contributed by atoms with Crippen LogP contribution in [0.4, 0.5) is 0 Å². The second-order valence-corrected chi connectivity index (χ2v) is 3.15. The molecule has 68 valence electrons. The van der Waals surface area contributed by atoms with Crippen molar-refractivity contribution in [2.75, 3.05) is 0 Å². The van der Waals surface area contributed by atoms with Gasteiger partial charge in [0, 0.05) is 11.8 Å². The van der Waals surface area contributed by atoms with Gasteiger partial charge in [0.25, 0.3) is 0 Å². The summed E-state index contributed by atoms with van der Waals surface area (Å²) in [5.74, 6) is -0.227. The molecule has 2 heterocycles. The molecule has 0 amide bonds. The van der Waals surface area contributed by atoms with E-state index in [2.05, 4.69) is 11.9 Å². The second-order valence-electron chi connectivity index (χ2n) is 3.15. The van der Waals surface area contributed by atoms with Gasteiger partial charge in [0.2, 0.25) is 0 Å². The quantitative estimate of drug-likeness (QED) is 0.612. The largest absolute Gasteiger partial charge is 0.457 e. The molecule has 1 aliphatic heterocycles. The first-order valence-corrected chi connectivity index (χ1v) is 4.38. The number of carbonyl (C=O) groups is 1. The highest BCUT2D eigenvalue weighted by Gasteiger charge is 2.25. The Kier molecular flexibility index (Phi) is 1.79. The van der Waals surface area contributed by atoms with Crippen LogP contribution in [-0.2, 0) is 17.8 Å². The Morgan fingerprint density at radius 3 is 3.08 bits per heavy atom. The van der Waals surface area contributed by atoms with Crippen molar-refractivity contribution in [3.8, 4) is 0 Å². The number of hydrogen-bond donors (Lipinski definition) is 0. The standard InChI is InChI=1S/C10H11NO2/c1-3-7-4-11-6(2)9-8(7)5-13-10(9)12/h4H,3,5H2,1-2H3. The van der Waals surface area contributed by atoms with Crippen LogP contribution < -0.4 is 0 Å². The molecule has 1 aromatic heterocycles. The number of cyclic esters (lactones) is 1. The van der Waals surface area contributed by atoms with E-state index in [1.54, 1.807) is 0 Å². The van der Waals surface area contributed by atoms with Gasteiger partial charge in [-0.1, -0.05) is 6.92 Å². The molecule has 0 saturated carbocycles. The summed E-state index contributed by atoms with van der Waals surface area (Å²) in [5.41, 5.74) is 3.60. The first kappa shape index (κ1) is 8.23. The lowest BCUT2D eigenvalue weighted by atomic mass is 10.0. The molecular weight excluding hydrogens is 166 g/mol. The van der Waals surface area contributed by atoms with E-state index in [9.17, 15) is 4.79 Å². The van der Waals surface area contributed by atoms with Crippen LogP contribution >= 0.6 is 0 Å². The summed E-state index contributed by atoms with van der Waals surface area (Å²) in [5, 5.41) is 0. The number of carbonyl (C=O) groups excluding carboxylic acids is 1. The van der Waals surface area contributed by atoms with Crippen LogP contribution in [-0.4, -0.2) is 11.0 Å². The van der Waals surface area contributed by atoms with Crippen LogP contribution in [0, 0.1) is 6.92 Å². The predicted octanol–water partition coefficient (Wildman–Crippen LogP) is 1.62. The maximum absolute atomic E-state index is 11.3. The first-order valence-electron chi connectivity index (χ1n) is 4.38. The minimum absolute atomic E-state index is 0.227. The number of aryl methyl sites for hydroxylation is 2. The van der Waals surface area contributed by atoms with Crippen molar-refractivity contribution in [2.45, 2.75) is 26.9 Å². The minimum Gasteiger partial charge on any atom is -0.457 e. The number of rotatable bonds is 1. The minimum atomic E-state index is -0.227. The van der Waals surface area contributed by atoms with Crippen LogP contribution in [0.25, 0.3) is 0 Å². The normalized spacial score (nSPS) is 14.2. The molecule has 0 saturated heterocycles. The highest BCUT2D eigenvalue weighted by atomic mass is 16.5. The Balaban J connectivity index is 2.65. The van der Waals surface area contributed by atoms with Crippen LogP contribution in [0.15, 0.2) is 6.20 Å². The van der Waals surface area contributed by atoms with Gasteiger partial charge in [-0.3, -0.25) is 4.98 Å². The maximum atomic E-state index is 11.3. The topological polar surface area (TPSA) is 39.2 Å². The fraction of sp³-hybridized carbons (Fsp3) is 0.400. The van der Waals surface area contributed by atoms with Gasteiger partial charge in [-0.25, -0.2) is 4.79 Å². The summed E-state index contributed by atoms with van der Waals surface area (Å²) >= 11 is 0. The Morgan fingerprint density at radius 1 is 1.62 bits per heavy atom. The van der Waals surface area contributed by atoms with Gasteiger partial charge in [0.1, 0.15) is 6.61 Å². The monoisotopic (exact) mass is 177 g/mol. The molecule has 2 rings (SSSR count). The van der Waals surface area contributed by atoms with Crippen molar-refractivity contribution >= 4 is 5.97 Å². The molecule has 3 heteroatoms. The van der Waals surface area contributed by atoms with Gasteiger partial charge in [-0.2, -0.15) is 0 Å².